The number of carboxylic acid groups (broad SMARTS) is 1. The van der Waals surface area contributed by atoms with Gasteiger partial charge in [0.05, 0.1) is 4.88 Å². The van der Waals surface area contributed by atoms with Gasteiger partial charge in [0.15, 0.2) is 0 Å². The van der Waals surface area contributed by atoms with Crippen LogP contribution in [0.4, 0.5) is 0 Å². The molecule has 2 unspecified atom stereocenters. The van der Waals surface area contributed by atoms with Gasteiger partial charge in [0, 0.05) is 4.70 Å². The molecule has 1 amide bonds. The molecular weight excluding hydrogens is 286 g/mol. The summed E-state index contributed by atoms with van der Waals surface area (Å²) in [5.41, 5.74) is 0.904. The van der Waals surface area contributed by atoms with Crippen LogP contribution in [0.1, 0.15) is 35.5 Å². The fourth-order valence-electron chi connectivity index (χ4n) is 2.28. The highest BCUT2D eigenvalue weighted by molar-refractivity contribution is 7.21. The third kappa shape index (κ3) is 3.08. The maximum absolute atomic E-state index is 12.4. The highest BCUT2D eigenvalue weighted by Crippen LogP contribution is 2.30. The molecule has 1 aromatic carbocycles. The van der Waals surface area contributed by atoms with Crippen molar-refractivity contribution in [1.82, 2.24) is 5.32 Å². The van der Waals surface area contributed by atoms with Crippen LogP contribution >= 0.6 is 11.3 Å². The van der Waals surface area contributed by atoms with E-state index < -0.39 is 12.0 Å². The molecule has 0 aliphatic heterocycles. The van der Waals surface area contributed by atoms with E-state index in [0.717, 1.165) is 15.6 Å². The summed E-state index contributed by atoms with van der Waals surface area (Å²) in [5, 5.41) is 13.0. The molecule has 1 heterocycles. The number of hydrogen-bond donors (Lipinski definition) is 2. The molecule has 4 nitrogen and oxygen atoms in total. The standard InChI is InChI=1S/C16H19NO3S/c1-4-9(2)13(16(19)20)17-15(18)14-10(3)11-7-5-6-8-12(11)21-14/h5-9,13H,4H2,1-3H3,(H,17,18)(H,19,20). The number of carbonyl (C=O) groups is 2. The highest BCUT2D eigenvalue weighted by atomic mass is 32.1. The second kappa shape index (κ2) is 6.26. The number of fused-ring (bicyclic) bond motifs is 1. The zero-order chi connectivity index (χ0) is 15.6. The summed E-state index contributed by atoms with van der Waals surface area (Å²) in [4.78, 5) is 24.3. The molecule has 0 fully saturated rings. The average Bonchev–Trinajstić information content (AvgIpc) is 2.81. The van der Waals surface area contributed by atoms with Crippen molar-refractivity contribution < 1.29 is 14.7 Å². The van der Waals surface area contributed by atoms with Gasteiger partial charge in [0.25, 0.3) is 5.91 Å². The Kier molecular flexibility index (Phi) is 4.63. The van der Waals surface area contributed by atoms with Gasteiger partial charge in [-0.2, -0.15) is 0 Å². The number of aliphatic carboxylic acids is 1. The molecule has 0 saturated carbocycles. The number of benzene rings is 1. The Labute approximate surface area is 127 Å². The lowest BCUT2D eigenvalue weighted by atomic mass is 9.99. The molecule has 0 aliphatic rings. The summed E-state index contributed by atoms with van der Waals surface area (Å²) in [7, 11) is 0. The monoisotopic (exact) mass is 305 g/mol. The van der Waals surface area contributed by atoms with Crippen LogP contribution in [0.25, 0.3) is 10.1 Å². The second-order valence-corrected chi connectivity index (χ2v) is 6.28. The predicted octanol–water partition coefficient (Wildman–Crippen LogP) is 3.44. The summed E-state index contributed by atoms with van der Waals surface area (Å²) in [6.07, 6.45) is 0.697. The van der Waals surface area contributed by atoms with E-state index in [4.69, 9.17) is 0 Å². The number of thiophene rings is 1. The lowest BCUT2D eigenvalue weighted by molar-refractivity contribution is -0.140. The van der Waals surface area contributed by atoms with Crippen molar-refractivity contribution in [2.75, 3.05) is 0 Å². The third-order valence-electron chi connectivity index (χ3n) is 3.82. The Balaban J connectivity index is 2.29. The smallest absolute Gasteiger partial charge is 0.326 e. The van der Waals surface area contributed by atoms with Crippen LogP contribution in [0.15, 0.2) is 24.3 Å². The molecule has 0 saturated heterocycles. The van der Waals surface area contributed by atoms with E-state index in [1.165, 1.54) is 11.3 Å². The average molecular weight is 305 g/mol. The van der Waals surface area contributed by atoms with Gasteiger partial charge in [-0.15, -0.1) is 11.3 Å². The quantitative estimate of drug-likeness (QED) is 0.889. The van der Waals surface area contributed by atoms with Crippen molar-refractivity contribution in [1.29, 1.82) is 0 Å². The summed E-state index contributed by atoms with van der Waals surface area (Å²) in [6, 6.07) is 6.95. The topological polar surface area (TPSA) is 66.4 Å². The van der Waals surface area contributed by atoms with E-state index in [2.05, 4.69) is 5.32 Å². The molecule has 2 N–H and O–H groups in total. The minimum atomic E-state index is -0.989. The van der Waals surface area contributed by atoms with Gasteiger partial charge >= 0.3 is 5.97 Å². The Hall–Kier alpha value is -1.88. The fraction of sp³-hybridized carbons (Fsp3) is 0.375. The van der Waals surface area contributed by atoms with Crippen LogP contribution in [-0.2, 0) is 4.79 Å². The maximum Gasteiger partial charge on any atom is 0.326 e. The first-order valence-electron chi connectivity index (χ1n) is 6.97. The van der Waals surface area contributed by atoms with Crippen LogP contribution in [0.3, 0.4) is 0 Å². The zero-order valence-electron chi connectivity index (χ0n) is 12.3. The summed E-state index contributed by atoms with van der Waals surface area (Å²) in [5.74, 6) is -1.40. The van der Waals surface area contributed by atoms with E-state index in [-0.39, 0.29) is 11.8 Å². The Morgan fingerprint density at radius 1 is 1.33 bits per heavy atom. The summed E-state index contributed by atoms with van der Waals surface area (Å²) in [6.45, 7) is 5.64. The number of aryl methyl sites for hydroxylation is 1. The molecule has 1 aromatic heterocycles. The number of hydrogen-bond acceptors (Lipinski definition) is 3. The van der Waals surface area contributed by atoms with Crippen molar-refractivity contribution in [3.8, 4) is 0 Å². The Morgan fingerprint density at radius 3 is 2.57 bits per heavy atom. The Morgan fingerprint density at radius 2 is 2.00 bits per heavy atom. The number of rotatable bonds is 5. The van der Waals surface area contributed by atoms with Crippen molar-refractivity contribution in [3.05, 3.63) is 34.7 Å². The van der Waals surface area contributed by atoms with Gasteiger partial charge in [0.1, 0.15) is 6.04 Å². The van der Waals surface area contributed by atoms with Crippen molar-refractivity contribution >= 4 is 33.3 Å². The zero-order valence-corrected chi connectivity index (χ0v) is 13.2. The fourth-order valence-corrected chi connectivity index (χ4v) is 3.39. The largest absolute Gasteiger partial charge is 0.480 e. The van der Waals surface area contributed by atoms with E-state index in [1.54, 1.807) is 0 Å². The lowest BCUT2D eigenvalue weighted by Gasteiger charge is -2.19. The normalized spacial score (nSPS) is 13.9. The van der Waals surface area contributed by atoms with E-state index in [1.807, 2.05) is 45.0 Å². The molecule has 0 radical (unpaired) electrons. The predicted molar refractivity (Wildman–Crippen MR) is 84.9 cm³/mol. The minimum absolute atomic E-state index is 0.110. The Bertz CT molecular complexity index is 677. The minimum Gasteiger partial charge on any atom is -0.480 e. The molecule has 2 aromatic rings. The first kappa shape index (κ1) is 15.5. The molecule has 0 spiro atoms. The molecule has 21 heavy (non-hydrogen) atoms. The molecule has 112 valence electrons. The van der Waals surface area contributed by atoms with E-state index >= 15 is 0 Å². The van der Waals surface area contributed by atoms with E-state index in [9.17, 15) is 14.7 Å². The van der Waals surface area contributed by atoms with Gasteiger partial charge in [0.2, 0.25) is 0 Å². The van der Waals surface area contributed by atoms with Crippen LogP contribution in [0.5, 0.6) is 0 Å². The number of amides is 1. The molecule has 2 rings (SSSR count). The third-order valence-corrected chi connectivity index (χ3v) is 5.09. The number of carbonyl (C=O) groups excluding carboxylic acids is 1. The van der Waals surface area contributed by atoms with Crippen LogP contribution in [-0.4, -0.2) is 23.0 Å². The van der Waals surface area contributed by atoms with Gasteiger partial charge < -0.3 is 10.4 Å². The van der Waals surface area contributed by atoms with Crippen LogP contribution in [0.2, 0.25) is 0 Å². The van der Waals surface area contributed by atoms with Gasteiger partial charge in [-0.3, -0.25) is 4.79 Å². The highest BCUT2D eigenvalue weighted by Gasteiger charge is 2.27. The summed E-state index contributed by atoms with van der Waals surface area (Å²) >= 11 is 1.40. The van der Waals surface area contributed by atoms with E-state index in [0.29, 0.717) is 11.3 Å². The van der Waals surface area contributed by atoms with Crippen LogP contribution in [0, 0.1) is 12.8 Å². The van der Waals surface area contributed by atoms with Crippen LogP contribution < -0.4 is 5.32 Å². The molecule has 0 bridgehead atoms. The molecular formula is C16H19NO3S. The SMILES string of the molecule is CCC(C)C(NC(=O)c1sc2ccccc2c1C)C(=O)O. The van der Waals surface area contributed by atoms with Gasteiger partial charge in [-0.25, -0.2) is 4.79 Å². The number of carboxylic acids is 1. The first-order valence-corrected chi connectivity index (χ1v) is 7.79. The lowest BCUT2D eigenvalue weighted by Crippen LogP contribution is -2.44. The number of nitrogens with one attached hydrogen (secondary N) is 1. The maximum atomic E-state index is 12.4. The van der Waals surface area contributed by atoms with Crippen molar-refractivity contribution in [2.24, 2.45) is 5.92 Å². The molecule has 5 heteroatoms. The van der Waals surface area contributed by atoms with Gasteiger partial charge in [-0.05, 0) is 29.9 Å². The molecule has 0 aliphatic carbocycles. The first-order chi connectivity index (χ1) is 9.95. The second-order valence-electron chi connectivity index (χ2n) is 5.23. The van der Waals surface area contributed by atoms with Crippen molar-refractivity contribution in [3.63, 3.8) is 0 Å². The summed E-state index contributed by atoms with van der Waals surface area (Å²) < 4.78 is 1.04. The van der Waals surface area contributed by atoms with Gasteiger partial charge in [-0.1, -0.05) is 38.5 Å². The molecule has 2 atom stereocenters. The van der Waals surface area contributed by atoms with Crippen molar-refractivity contribution in [2.45, 2.75) is 33.2 Å².